The standard InChI is InChI=1S/C19H20N4O3/c1-26-18(25)13-7-9-14(10-8-13)21-19-22-16-6-3-2-5-15(16)17(23-19)20-11-4-12-24/h2-3,5-10,24H,4,11-12H2,1H3,(H2,20,21,22,23). The fourth-order valence-electron chi connectivity index (χ4n) is 2.49. The molecule has 0 bridgehead atoms. The van der Waals surface area contributed by atoms with Crippen LogP contribution in [0.15, 0.2) is 48.5 Å². The smallest absolute Gasteiger partial charge is 0.337 e. The first-order valence-corrected chi connectivity index (χ1v) is 8.28. The summed E-state index contributed by atoms with van der Waals surface area (Å²) in [4.78, 5) is 20.6. The van der Waals surface area contributed by atoms with Crippen LogP contribution in [0.25, 0.3) is 10.9 Å². The fourth-order valence-corrected chi connectivity index (χ4v) is 2.49. The molecular weight excluding hydrogens is 332 g/mol. The highest BCUT2D eigenvalue weighted by Crippen LogP contribution is 2.23. The van der Waals surface area contributed by atoms with E-state index in [4.69, 9.17) is 9.84 Å². The van der Waals surface area contributed by atoms with Crippen LogP contribution in [0.2, 0.25) is 0 Å². The summed E-state index contributed by atoms with van der Waals surface area (Å²) >= 11 is 0. The number of carbonyl (C=O) groups is 1. The zero-order valence-corrected chi connectivity index (χ0v) is 14.4. The third-order valence-electron chi connectivity index (χ3n) is 3.79. The summed E-state index contributed by atoms with van der Waals surface area (Å²) in [6.07, 6.45) is 0.635. The molecule has 1 heterocycles. The van der Waals surface area contributed by atoms with Crippen LogP contribution in [0.5, 0.6) is 0 Å². The van der Waals surface area contributed by atoms with Crippen molar-refractivity contribution in [2.75, 3.05) is 30.9 Å². The maximum Gasteiger partial charge on any atom is 0.337 e. The van der Waals surface area contributed by atoms with E-state index in [9.17, 15) is 4.79 Å². The lowest BCUT2D eigenvalue weighted by Crippen LogP contribution is -2.08. The molecule has 0 aliphatic carbocycles. The predicted octanol–water partition coefficient (Wildman–Crippen LogP) is 2.95. The largest absolute Gasteiger partial charge is 0.465 e. The van der Waals surface area contributed by atoms with Gasteiger partial charge < -0.3 is 20.5 Å². The van der Waals surface area contributed by atoms with Crippen molar-refractivity contribution >= 4 is 34.3 Å². The number of esters is 1. The number of ether oxygens (including phenoxy) is 1. The van der Waals surface area contributed by atoms with Crippen LogP contribution in [0.3, 0.4) is 0 Å². The van der Waals surface area contributed by atoms with Crippen LogP contribution in [0, 0.1) is 0 Å². The van der Waals surface area contributed by atoms with E-state index >= 15 is 0 Å². The molecule has 0 aliphatic heterocycles. The van der Waals surface area contributed by atoms with E-state index in [-0.39, 0.29) is 12.6 Å². The molecule has 0 spiro atoms. The van der Waals surface area contributed by atoms with Gasteiger partial charge in [-0.05, 0) is 42.8 Å². The van der Waals surface area contributed by atoms with Gasteiger partial charge in [0.15, 0.2) is 0 Å². The van der Waals surface area contributed by atoms with Crippen LogP contribution in [-0.4, -0.2) is 41.3 Å². The SMILES string of the molecule is COC(=O)c1ccc(Nc2nc(NCCCO)c3ccccc3n2)cc1. The molecule has 0 atom stereocenters. The highest BCUT2D eigenvalue weighted by atomic mass is 16.5. The van der Waals surface area contributed by atoms with Crippen LogP contribution < -0.4 is 10.6 Å². The monoisotopic (exact) mass is 352 g/mol. The van der Waals surface area contributed by atoms with Gasteiger partial charge in [0.2, 0.25) is 5.95 Å². The highest BCUT2D eigenvalue weighted by molar-refractivity contribution is 5.91. The van der Waals surface area contributed by atoms with Crippen LogP contribution in [-0.2, 0) is 4.74 Å². The second kappa shape index (κ2) is 8.26. The number of benzene rings is 2. The Morgan fingerprint density at radius 2 is 1.88 bits per heavy atom. The molecule has 0 fully saturated rings. The number of rotatable bonds is 7. The van der Waals surface area contributed by atoms with Gasteiger partial charge in [-0.2, -0.15) is 4.98 Å². The van der Waals surface area contributed by atoms with Crippen LogP contribution in [0.4, 0.5) is 17.5 Å². The molecule has 7 heteroatoms. The Morgan fingerprint density at radius 1 is 1.12 bits per heavy atom. The van der Waals surface area contributed by atoms with Gasteiger partial charge in [-0.25, -0.2) is 9.78 Å². The number of carbonyl (C=O) groups excluding carboxylic acids is 1. The van der Waals surface area contributed by atoms with E-state index in [1.54, 1.807) is 24.3 Å². The fraction of sp³-hybridized carbons (Fsp3) is 0.211. The van der Waals surface area contributed by atoms with Crippen molar-refractivity contribution in [3.63, 3.8) is 0 Å². The summed E-state index contributed by atoms with van der Waals surface area (Å²) in [6.45, 7) is 0.735. The van der Waals surface area contributed by atoms with Crippen molar-refractivity contribution in [3.05, 3.63) is 54.1 Å². The lowest BCUT2D eigenvalue weighted by Gasteiger charge is -2.11. The first-order valence-electron chi connectivity index (χ1n) is 8.28. The number of methoxy groups -OCH3 is 1. The van der Waals surface area contributed by atoms with Crippen molar-refractivity contribution < 1.29 is 14.6 Å². The average molecular weight is 352 g/mol. The van der Waals surface area contributed by atoms with Crippen molar-refractivity contribution in [2.24, 2.45) is 0 Å². The number of aromatic nitrogens is 2. The molecule has 1 aromatic heterocycles. The molecule has 0 saturated carbocycles. The minimum atomic E-state index is -0.381. The third-order valence-corrected chi connectivity index (χ3v) is 3.79. The van der Waals surface area contributed by atoms with Gasteiger partial charge in [-0.15, -0.1) is 0 Å². The van der Waals surface area contributed by atoms with Gasteiger partial charge in [0, 0.05) is 24.2 Å². The first kappa shape index (κ1) is 17.6. The molecule has 0 amide bonds. The summed E-state index contributed by atoms with van der Waals surface area (Å²) in [5, 5.41) is 16.3. The number of nitrogens with one attached hydrogen (secondary N) is 2. The number of fused-ring (bicyclic) bond motifs is 1. The van der Waals surface area contributed by atoms with Crippen LogP contribution >= 0.6 is 0 Å². The van der Waals surface area contributed by atoms with Gasteiger partial charge in [0.1, 0.15) is 5.82 Å². The number of aliphatic hydroxyl groups excluding tert-OH is 1. The molecule has 2 aromatic carbocycles. The molecule has 0 aliphatic rings. The molecule has 0 unspecified atom stereocenters. The van der Waals surface area contributed by atoms with Gasteiger partial charge in [-0.3, -0.25) is 0 Å². The Bertz CT molecular complexity index is 897. The van der Waals surface area contributed by atoms with Gasteiger partial charge in [-0.1, -0.05) is 12.1 Å². The van der Waals surface area contributed by atoms with E-state index in [1.807, 2.05) is 24.3 Å². The molecule has 26 heavy (non-hydrogen) atoms. The van der Waals surface area contributed by atoms with Crippen LogP contribution in [0.1, 0.15) is 16.8 Å². The molecule has 3 aromatic rings. The Balaban J connectivity index is 1.86. The zero-order valence-electron chi connectivity index (χ0n) is 14.4. The maximum absolute atomic E-state index is 11.5. The lowest BCUT2D eigenvalue weighted by molar-refractivity contribution is 0.0601. The second-order valence-electron chi connectivity index (χ2n) is 5.61. The Hall–Kier alpha value is -3.19. The molecule has 3 N–H and O–H groups in total. The van der Waals surface area contributed by atoms with E-state index in [0.717, 1.165) is 16.6 Å². The summed E-state index contributed by atoms with van der Waals surface area (Å²) in [5.41, 5.74) is 2.04. The van der Waals surface area contributed by atoms with Crippen molar-refractivity contribution in [1.29, 1.82) is 0 Å². The normalized spacial score (nSPS) is 10.5. The number of anilines is 3. The molecule has 0 radical (unpaired) electrons. The summed E-state index contributed by atoms with van der Waals surface area (Å²) < 4.78 is 4.69. The number of nitrogens with zero attached hydrogens (tertiary/aromatic N) is 2. The third kappa shape index (κ3) is 4.07. The average Bonchev–Trinajstić information content (AvgIpc) is 2.68. The summed E-state index contributed by atoms with van der Waals surface area (Å²) in [6, 6.07) is 14.6. The number of hydrogen-bond acceptors (Lipinski definition) is 7. The maximum atomic E-state index is 11.5. The topological polar surface area (TPSA) is 96.4 Å². The molecular formula is C19H20N4O3. The van der Waals surface area contributed by atoms with E-state index in [1.165, 1.54) is 7.11 Å². The van der Waals surface area contributed by atoms with E-state index in [0.29, 0.717) is 30.3 Å². The van der Waals surface area contributed by atoms with Gasteiger partial charge in [0.25, 0.3) is 0 Å². The minimum absolute atomic E-state index is 0.119. The first-order chi connectivity index (χ1) is 12.7. The van der Waals surface area contributed by atoms with Gasteiger partial charge in [0.05, 0.1) is 18.2 Å². The summed E-state index contributed by atoms with van der Waals surface area (Å²) in [5.74, 6) is 0.771. The summed E-state index contributed by atoms with van der Waals surface area (Å²) in [7, 11) is 1.35. The zero-order chi connectivity index (χ0) is 18.4. The Kier molecular flexibility index (Phi) is 5.60. The number of aliphatic hydroxyl groups is 1. The molecule has 3 rings (SSSR count). The Morgan fingerprint density at radius 3 is 2.62 bits per heavy atom. The van der Waals surface area contributed by atoms with Crippen molar-refractivity contribution in [1.82, 2.24) is 9.97 Å². The highest BCUT2D eigenvalue weighted by Gasteiger charge is 2.09. The van der Waals surface area contributed by atoms with Crippen molar-refractivity contribution in [2.45, 2.75) is 6.42 Å². The van der Waals surface area contributed by atoms with E-state index in [2.05, 4.69) is 20.6 Å². The molecule has 134 valence electrons. The minimum Gasteiger partial charge on any atom is -0.465 e. The molecule has 0 saturated heterocycles. The quantitative estimate of drug-likeness (QED) is 0.444. The lowest BCUT2D eigenvalue weighted by atomic mass is 10.2. The Labute approximate surface area is 151 Å². The van der Waals surface area contributed by atoms with Crippen molar-refractivity contribution in [3.8, 4) is 0 Å². The van der Waals surface area contributed by atoms with Gasteiger partial charge >= 0.3 is 5.97 Å². The van der Waals surface area contributed by atoms with E-state index < -0.39 is 0 Å². The second-order valence-corrected chi connectivity index (χ2v) is 5.61. The number of hydrogen-bond donors (Lipinski definition) is 3. The predicted molar refractivity (Wildman–Crippen MR) is 101 cm³/mol. The molecule has 7 nitrogen and oxygen atoms in total. The number of para-hydroxylation sites is 1.